The van der Waals surface area contributed by atoms with Gasteiger partial charge in [0.05, 0.1) is 34.5 Å². The fraction of sp³-hybridized carbons (Fsp3) is 0.0588. The molecule has 0 unspecified atom stereocenters. The lowest BCUT2D eigenvalue weighted by molar-refractivity contribution is 0.622. The minimum atomic E-state index is -0.408. The minimum Gasteiger partial charge on any atom is -0.375 e. The lowest BCUT2D eigenvalue weighted by Gasteiger charge is -2.07. The number of pyridine rings is 1. The van der Waals surface area contributed by atoms with E-state index in [2.05, 4.69) is 25.3 Å². The Kier molecular flexibility index (Phi) is 3.95. The van der Waals surface area contributed by atoms with Crippen molar-refractivity contribution in [3.8, 4) is 11.3 Å². The van der Waals surface area contributed by atoms with Crippen molar-refractivity contribution in [3.05, 3.63) is 60.4 Å². The molecule has 0 atom stereocenters. The Balaban J connectivity index is 1.53. The highest BCUT2D eigenvalue weighted by atomic mass is 32.1. The van der Waals surface area contributed by atoms with Gasteiger partial charge in [0.15, 0.2) is 5.13 Å². The maximum Gasteiger partial charge on any atom is 0.181 e. The lowest BCUT2D eigenvalue weighted by atomic mass is 10.2. The number of benzene rings is 1. The summed E-state index contributed by atoms with van der Waals surface area (Å²) in [6.07, 6.45) is 5.91. The molecular weight excluding hydrogens is 339 g/mol. The van der Waals surface area contributed by atoms with E-state index in [-0.39, 0.29) is 0 Å². The number of nitrogen functional groups attached to an aromatic ring is 1. The van der Waals surface area contributed by atoms with Crippen molar-refractivity contribution < 1.29 is 4.39 Å². The van der Waals surface area contributed by atoms with Crippen LogP contribution in [0.1, 0.15) is 5.56 Å². The van der Waals surface area contributed by atoms with E-state index < -0.39 is 5.82 Å². The van der Waals surface area contributed by atoms with Gasteiger partial charge in [-0.15, -0.1) is 0 Å². The largest absolute Gasteiger partial charge is 0.375 e. The molecule has 0 spiro atoms. The summed E-state index contributed by atoms with van der Waals surface area (Å²) in [6.45, 7) is 0.577. The molecule has 6 nitrogen and oxygen atoms in total. The summed E-state index contributed by atoms with van der Waals surface area (Å²) < 4.78 is 14.4. The predicted octanol–water partition coefficient (Wildman–Crippen LogP) is 3.48. The molecular formula is C17H13FN6S. The third-order valence-electron chi connectivity index (χ3n) is 3.58. The van der Waals surface area contributed by atoms with Crippen LogP contribution >= 0.6 is 11.3 Å². The Labute approximate surface area is 146 Å². The van der Waals surface area contributed by atoms with Crippen molar-refractivity contribution in [1.82, 2.24) is 19.9 Å². The number of thiazole rings is 1. The number of aromatic nitrogens is 4. The number of halogens is 1. The van der Waals surface area contributed by atoms with Crippen molar-refractivity contribution in [2.24, 2.45) is 0 Å². The molecule has 0 fully saturated rings. The molecule has 3 heterocycles. The van der Waals surface area contributed by atoms with Gasteiger partial charge in [-0.05, 0) is 23.8 Å². The molecule has 0 aliphatic rings. The molecule has 4 aromatic rings. The van der Waals surface area contributed by atoms with Gasteiger partial charge in [0, 0.05) is 18.3 Å². The second-order valence-corrected chi connectivity index (χ2v) is 6.45. The number of nitrogens with one attached hydrogen (secondary N) is 1. The number of anilines is 2. The molecule has 4 rings (SSSR count). The smallest absolute Gasteiger partial charge is 0.181 e. The molecule has 0 amide bonds. The number of fused-ring (bicyclic) bond motifs is 1. The van der Waals surface area contributed by atoms with Crippen LogP contribution in [-0.4, -0.2) is 19.9 Å². The summed E-state index contributed by atoms with van der Waals surface area (Å²) in [6, 6.07) is 7.36. The first-order valence-electron chi connectivity index (χ1n) is 7.49. The highest BCUT2D eigenvalue weighted by Gasteiger charge is 2.05. The first kappa shape index (κ1) is 15.4. The summed E-state index contributed by atoms with van der Waals surface area (Å²) >= 11 is 1.46. The third kappa shape index (κ3) is 3.38. The summed E-state index contributed by atoms with van der Waals surface area (Å²) in [7, 11) is 0. The van der Waals surface area contributed by atoms with Gasteiger partial charge in [0.1, 0.15) is 11.6 Å². The van der Waals surface area contributed by atoms with Crippen molar-refractivity contribution >= 4 is 32.5 Å². The first-order valence-corrected chi connectivity index (χ1v) is 8.31. The predicted molar refractivity (Wildman–Crippen MR) is 96.6 cm³/mol. The fourth-order valence-electron chi connectivity index (χ4n) is 2.43. The van der Waals surface area contributed by atoms with Crippen LogP contribution in [-0.2, 0) is 6.54 Å². The van der Waals surface area contributed by atoms with Crippen LogP contribution < -0.4 is 11.1 Å². The van der Waals surface area contributed by atoms with Crippen LogP contribution in [0.5, 0.6) is 0 Å². The van der Waals surface area contributed by atoms with Crippen molar-refractivity contribution in [1.29, 1.82) is 0 Å². The van der Waals surface area contributed by atoms with Gasteiger partial charge in [0.25, 0.3) is 0 Å². The van der Waals surface area contributed by atoms with Gasteiger partial charge in [-0.1, -0.05) is 17.4 Å². The zero-order valence-electron chi connectivity index (χ0n) is 13.0. The van der Waals surface area contributed by atoms with Gasteiger partial charge in [-0.25, -0.2) is 14.4 Å². The minimum absolute atomic E-state index is 0.408. The van der Waals surface area contributed by atoms with E-state index >= 15 is 0 Å². The monoisotopic (exact) mass is 352 g/mol. The Morgan fingerprint density at radius 3 is 2.80 bits per heavy atom. The number of nitrogens with two attached hydrogens (primary N) is 1. The number of rotatable bonds is 4. The molecule has 124 valence electrons. The van der Waals surface area contributed by atoms with Crippen LogP contribution in [0.15, 0.2) is 49.1 Å². The van der Waals surface area contributed by atoms with Gasteiger partial charge in [-0.3, -0.25) is 9.97 Å². The second-order valence-electron chi connectivity index (χ2n) is 5.39. The maximum atomic E-state index is 13.3. The van der Waals surface area contributed by atoms with E-state index in [9.17, 15) is 4.39 Å². The average molecular weight is 352 g/mol. The number of hydrogen-bond acceptors (Lipinski definition) is 7. The van der Waals surface area contributed by atoms with E-state index in [0.717, 1.165) is 22.0 Å². The van der Waals surface area contributed by atoms with E-state index in [4.69, 9.17) is 5.73 Å². The highest BCUT2D eigenvalue weighted by Crippen LogP contribution is 2.25. The molecule has 0 aliphatic heterocycles. The molecule has 0 bridgehead atoms. The third-order valence-corrected chi connectivity index (χ3v) is 4.43. The standard InChI is InChI=1S/C17H13FN6S/c18-12-4-11(6-20-7-12)14-8-21-9-16(23-14)22-5-10-1-2-13-15(3-10)25-17(19)24-13/h1-4,6-9H,5H2,(H2,19,24)(H,22,23). The van der Waals surface area contributed by atoms with Gasteiger partial charge < -0.3 is 11.1 Å². The summed E-state index contributed by atoms with van der Waals surface area (Å²) in [5.41, 5.74) is 8.84. The quantitative estimate of drug-likeness (QED) is 0.584. The van der Waals surface area contributed by atoms with Crippen LogP contribution in [0.2, 0.25) is 0 Å². The van der Waals surface area contributed by atoms with E-state index in [1.54, 1.807) is 18.6 Å². The van der Waals surface area contributed by atoms with Crippen LogP contribution in [0.4, 0.5) is 15.3 Å². The molecule has 25 heavy (non-hydrogen) atoms. The molecule has 8 heteroatoms. The van der Waals surface area contributed by atoms with Gasteiger partial charge >= 0.3 is 0 Å². The molecule has 3 aromatic heterocycles. The molecule has 0 aliphatic carbocycles. The highest BCUT2D eigenvalue weighted by molar-refractivity contribution is 7.22. The van der Waals surface area contributed by atoms with Crippen molar-refractivity contribution in [3.63, 3.8) is 0 Å². The topological polar surface area (TPSA) is 89.6 Å². The van der Waals surface area contributed by atoms with Crippen molar-refractivity contribution in [2.45, 2.75) is 6.54 Å². The van der Waals surface area contributed by atoms with E-state index in [1.165, 1.54) is 17.4 Å². The van der Waals surface area contributed by atoms with E-state index in [0.29, 0.717) is 28.8 Å². The van der Waals surface area contributed by atoms with Gasteiger partial charge in [0.2, 0.25) is 0 Å². The summed E-state index contributed by atoms with van der Waals surface area (Å²) in [5.74, 6) is 0.195. The summed E-state index contributed by atoms with van der Waals surface area (Å²) in [4.78, 5) is 16.7. The average Bonchev–Trinajstić information content (AvgIpc) is 2.99. The summed E-state index contributed by atoms with van der Waals surface area (Å²) in [5, 5.41) is 3.78. The zero-order valence-corrected chi connectivity index (χ0v) is 13.8. The molecule has 3 N–H and O–H groups in total. The Morgan fingerprint density at radius 2 is 1.92 bits per heavy atom. The number of nitrogens with zero attached hydrogens (tertiary/aromatic N) is 4. The van der Waals surface area contributed by atoms with E-state index in [1.807, 2.05) is 18.2 Å². The normalized spacial score (nSPS) is 10.9. The van der Waals surface area contributed by atoms with Crippen LogP contribution in [0, 0.1) is 5.82 Å². The lowest BCUT2D eigenvalue weighted by Crippen LogP contribution is -2.02. The van der Waals surface area contributed by atoms with Crippen LogP contribution in [0.25, 0.3) is 21.5 Å². The molecule has 1 aromatic carbocycles. The zero-order chi connectivity index (χ0) is 17.2. The van der Waals surface area contributed by atoms with Crippen molar-refractivity contribution in [2.75, 3.05) is 11.1 Å². The fourth-order valence-corrected chi connectivity index (χ4v) is 3.23. The Morgan fingerprint density at radius 1 is 1.04 bits per heavy atom. The molecule has 0 radical (unpaired) electrons. The second kappa shape index (κ2) is 6.40. The number of hydrogen-bond donors (Lipinski definition) is 2. The Bertz CT molecular complexity index is 1050. The van der Waals surface area contributed by atoms with Crippen LogP contribution in [0.3, 0.4) is 0 Å². The molecule has 0 saturated heterocycles. The van der Waals surface area contributed by atoms with Gasteiger partial charge in [-0.2, -0.15) is 0 Å². The first-order chi connectivity index (χ1) is 12.2. The maximum absolute atomic E-state index is 13.3. The SMILES string of the molecule is Nc1nc2ccc(CNc3cncc(-c4cncc(F)c4)n3)cc2s1. The molecule has 0 saturated carbocycles. The Hall–Kier alpha value is -3.13.